The highest BCUT2D eigenvalue weighted by atomic mass is 16.3. The second kappa shape index (κ2) is 1.92. The van der Waals surface area contributed by atoms with E-state index in [1.807, 2.05) is 6.92 Å². The van der Waals surface area contributed by atoms with Crippen molar-refractivity contribution in [1.29, 1.82) is 0 Å². The molecule has 0 heterocycles. The number of ketones is 1. The van der Waals surface area contributed by atoms with Gasteiger partial charge in [-0.3, -0.25) is 4.79 Å². The molecule has 0 amide bonds. The van der Waals surface area contributed by atoms with Crippen molar-refractivity contribution in [2.24, 2.45) is 16.7 Å². The number of hydrogen-bond acceptors (Lipinski definition) is 2. The van der Waals surface area contributed by atoms with Crippen LogP contribution in [-0.4, -0.2) is 17.0 Å². The molecule has 2 aliphatic rings. The minimum atomic E-state index is -0.703. The summed E-state index contributed by atoms with van der Waals surface area (Å²) in [6, 6.07) is 0. The number of aliphatic hydroxyl groups is 1. The molecule has 2 rings (SSSR count). The van der Waals surface area contributed by atoms with Crippen molar-refractivity contribution in [2.75, 3.05) is 0 Å². The summed E-state index contributed by atoms with van der Waals surface area (Å²) in [6.45, 7) is 6.26. The number of fused-ring (bicyclic) bond motifs is 2. The van der Waals surface area contributed by atoms with Crippen molar-refractivity contribution in [3.8, 4) is 0 Å². The maximum atomic E-state index is 11.5. The molecule has 0 radical (unpaired) electrons. The second-order valence-corrected chi connectivity index (χ2v) is 5.04. The highest BCUT2D eigenvalue weighted by Gasteiger charge is 2.65. The lowest BCUT2D eigenvalue weighted by atomic mass is 9.70. The van der Waals surface area contributed by atoms with Gasteiger partial charge in [0.1, 0.15) is 6.10 Å². The fourth-order valence-corrected chi connectivity index (χ4v) is 3.02. The minimum Gasteiger partial charge on any atom is -0.385 e. The molecule has 0 aromatic heterocycles. The molecule has 0 aliphatic heterocycles. The summed E-state index contributed by atoms with van der Waals surface area (Å²) in [7, 11) is 0. The largest absolute Gasteiger partial charge is 0.385 e. The third kappa shape index (κ3) is 0.598. The van der Waals surface area contributed by atoms with E-state index in [9.17, 15) is 9.90 Å². The molecule has 2 bridgehead atoms. The normalized spacial score (nSPS) is 50.2. The van der Waals surface area contributed by atoms with Gasteiger partial charge >= 0.3 is 0 Å². The first kappa shape index (κ1) is 8.24. The van der Waals surface area contributed by atoms with E-state index < -0.39 is 6.10 Å². The first-order valence-electron chi connectivity index (χ1n) is 4.63. The molecule has 3 atom stereocenters. The predicted molar refractivity (Wildman–Crippen MR) is 45.6 cm³/mol. The number of hydrogen-bond donors (Lipinski definition) is 1. The summed E-state index contributed by atoms with van der Waals surface area (Å²) >= 11 is 0. The SMILES string of the molecule is CC1(C)[C@@H]2CC[C@@]1(C)C(O)C2=O. The molecule has 1 unspecified atom stereocenters. The topological polar surface area (TPSA) is 37.3 Å². The molecule has 12 heavy (non-hydrogen) atoms. The van der Waals surface area contributed by atoms with E-state index in [-0.39, 0.29) is 22.5 Å². The number of carbonyl (C=O) groups is 1. The fourth-order valence-electron chi connectivity index (χ4n) is 3.02. The molecule has 2 saturated carbocycles. The van der Waals surface area contributed by atoms with Crippen LogP contribution in [0.4, 0.5) is 0 Å². The predicted octanol–water partition coefficient (Wildman–Crippen LogP) is 1.37. The lowest BCUT2D eigenvalue weighted by Gasteiger charge is -2.35. The Bertz CT molecular complexity index is 244. The first-order chi connectivity index (χ1) is 5.41. The Balaban J connectivity index is 2.50. The van der Waals surface area contributed by atoms with Crippen molar-refractivity contribution in [3.05, 3.63) is 0 Å². The lowest BCUT2D eigenvalue weighted by Crippen LogP contribution is -2.37. The summed E-state index contributed by atoms with van der Waals surface area (Å²) < 4.78 is 0. The standard InChI is InChI=1S/C10H16O2/c1-9(2)6-4-5-10(9,3)8(12)7(6)11/h6,8,12H,4-5H2,1-3H3/t6-,8?,10+/m1/s1. The number of carbonyl (C=O) groups excluding carboxylic acids is 1. The van der Waals surface area contributed by atoms with Gasteiger partial charge in [0.2, 0.25) is 0 Å². The van der Waals surface area contributed by atoms with Gasteiger partial charge in [0.25, 0.3) is 0 Å². The molecular formula is C10H16O2. The first-order valence-corrected chi connectivity index (χ1v) is 4.63. The van der Waals surface area contributed by atoms with Crippen LogP contribution in [0.3, 0.4) is 0 Å². The van der Waals surface area contributed by atoms with Crippen LogP contribution in [0.1, 0.15) is 33.6 Å². The Morgan fingerprint density at radius 1 is 1.42 bits per heavy atom. The Morgan fingerprint density at radius 2 is 2.00 bits per heavy atom. The van der Waals surface area contributed by atoms with Gasteiger partial charge in [-0.2, -0.15) is 0 Å². The van der Waals surface area contributed by atoms with Crippen LogP contribution in [0.25, 0.3) is 0 Å². The maximum Gasteiger partial charge on any atom is 0.165 e. The Morgan fingerprint density at radius 3 is 2.25 bits per heavy atom. The van der Waals surface area contributed by atoms with Gasteiger partial charge in [-0.25, -0.2) is 0 Å². The molecule has 2 nitrogen and oxygen atoms in total. The van der Waals surface area contributed by atoms with Crippen LogP contribution in [0.2, 0.25) is 0 Å². The van der Waals surface area contributed by atoms with Crippen molar-refractivity contribution in [3.63, 3.8) is 0 Å². The molecule has 2 heteroatoms. The quantitative estimate of drug-likeness (QED) is 0.593. The van der Waals surface area contributed by atoms with E-state index >= 15 is 0 Å². The van der Waals surface area contributed by atoms with Crippen molar-refractivity contribution in [2.45, 2.75) is 39.7 Å². The summed E-state index contributed by atoms with van der Waals surface area (Å²) in [6.07, 6.45) is 1.27. The highest BCUT2D eigenvalue weighted by Crippen LogP contribution is 2.63. The second-order valence-electron chi connectivity index (χ2n) is 5.04. The average molecular weight is 168 g/mol. The van der Waals surface area contributed by atoms with Crippen LogP contribution in [-0.2, 0) is 4.79 Å². The Hall–Kier alpha value is -0.370. The number of rotatable bonds is 0. The molecule has 2 aliphatic carbocycles. The van der Waals surface area contributed by atoms with Gasteiger partial charge in [-0.15, -0.1) is 0 Å². The van der Waals surface area contributed by atoms with E-state index in [1.54, 1.807) is 0 Å². The third-order valence-electron chi connectivity index (χ3n) is 4.51. The third-order valence-corrected chi connectivity index (χ3v) is 4.51. The van der Waals surface area contributed by atoms with E-state index in [2.05, 4.69) is 13.8 Å². The number of aliphatic hydroxyl groups excluding tert-OH is 1. The highest BCUT2D eigenvalue weighted by molar-refractivity contribution is 5.90. The molecule has 2 fully saturated rings. The molecule has 0 saturated heterocycles. The van der Waals surface area contributed by atoms with Gasteiger partial charge < -0.3 is 5.11 Å². The summed E-state index contributed by atoms with van der Waals surface area (Å²) in [5.41, 5.74) is -0.155. The maximum absolute atomic E-state index is 11.5. The zero-order chi connectivity index (χ0) is 9.15. The smallest absolute Gasteiger partial charge is 0.165 e. The van der Waals surface area contributed by atoms with Gasteiger partial charge in [0.05, 0.1) is 0 Å². The van der Waals surface area contributed by atoms with Gasteiger partial charge in [-0.1, -0.05) is 20.8 Å². The molecule has 68 valence electrons. The van der Waals surface area contributed by atoms with E-state index in [0.29, 0.717) is 0 Å². The van der Waals surface area contributed by atoms with Crippen molar-refractivity contribution < 1.29 is 9.90 Å². The van der Waals surface area contributed by atoms with Gasteiger partial charge in [-0.05, 0) is 18.3 Å². The molecule has 0 spiro atoms. The van der Waals surface area contributed by atoms with Gasteiger partial charge in [0.15, 0.2) is 5.78 Å². The van der Waals surface area contributed by atoms with E-state index in [0.717, 1.165) is 12.8 Å². The minimum absolute atomic E-state index is 0.00347. The van der Waals surface area contributed by atoms with Crippen molar-refractivity contribution in [1.82, 2.24) is 0 Å². The Labute approximate surface area is 73.0 Å². The fraction of sp³-hybridized carbons (Fsp3) is 0.900. The lowest BCUT2D eigenvalue weighted by molar-refractivity contribution is -0.132. The molecule has 0 aromatic rings. The van der Waals surface area contributed by atoms with Gasteiger partial charge in [0, 0.05) is 11.3 Å². The molecule has 1 N–H and O–H groups in total. The zero-order valence-corrected chi connectivity index (χ0v) is 7.92. The average Bonchev–Trinajstić information content (AvgIpc) is 2.26. The zero-order valence-electron chi connectivity index (χ0n) is 7.92. The van der Waals surface area contributed by atoms with Crippen LogP contribution < -0.4 is 0 Å². The Kier molecular flexibility index (Phi) is 1.32. The molecular weight excluding hydrogens is 152 g/mol. The van der Waals surface area contributed by atoms with E-state index in [4.69, 9.17) is 0 Å². The van der Waals surface area contributed by atoms with Crippen LogP contribution >= 0.6 is 0 Å². The molecule has 0 aromatic carbocycles. The van der Waals surface area contributed by atoms with E-state index in [1.165, 1.54) is 0 Å². The van der Waals surface area contributed by atoms with Crippen LogP contribution in [0.15, 0.2) is 0 Å². The monoisotopic (exact) mass is 168 g/mol. The van der Waals surface area contributed by atoms with Crippen LogP contribution in [0.5, 0.6) is 0 Å². The summed E-state index contributed by atoms with van der Waals surface area (Å²) in [4.78, 5) is 11.5. The summed E-state index contributed by atoms with van der Waals surface area (Å²) in [5, 5.41) is 9.73. The van der Waals surface area contributed by atoms with Crippen LogP contribution in [0, 0.1) is 16.7 Å². The van der Waals surface area contributed by atoms with Crippen molar-refractivity contribution >= 4 is 5.78 Å². The summed E-state index contributed by atoms with van der Waals surface area (Å²) in [5.74, 6) is 0.186. The number of Topliss-reactive ketones (excluding diaryl/α,β-unsaturated/α-hetero) is 1.